The molecule has 0 spiro atoms. The van der Waals surface area contributed by atoms with Gasteiger partial charge in [-0.3, -0.25) is 4.79 Å². The molecule has 1 amide bonds. The van der Waals surface area contributed by atoms with Crippen LogP contribution in [-0.4, -0.2) is 39.3 Å². The molecule has 0 unspecified atom stereocenters. The van der Waals surface area contributed by atoms with E-state index in [9.17, 15) is 22.0 Å². The minimum Gasteiger partial charge on any atom is -0.376 e. The molecule has 1 saturated heterocycles. The summed E-state index contributed by atoms with van der Waals surface area (Å²) in [6, 6.07) is 4.93. The van der Waals surface area contributed by atoms with Gasteiger partial charge in [0.05, 0.1) is 16.6 Å². The van der Waals surface area contributed by atoms with Crippen molar-refractivity contribution in [3.8, 4) is 0 Å². The largest absolute Gasteiger partial charge is 0.376 e. The summed E-state index contributed by atoms with van der Waals surface area (Å²) in [4.78, 5) is 11.4. The first kappa shape index (κ1) is 15.8. The van der Waals surface area contributed by atoms with Crippen LogP contribution in [0, 0.1) is 0 Å². The molecule has 0 saturated carbocycles. The fourth-order valence-electron chi connectivity index (χ4n) is 2.11. The Bertz CT molecular complexity index is 612. The minimum absolute atomic E-state index is 0.118. The van der Waals surface area contributed by atoms with Gasteiger partial charge in [0.1, 0.15) is 0 Å². The summed E-state index contributed by atoms with van der Waals surface area (Å²) in [6.45, 7) is 0.846. The van der Waals surface area contributed by atoms with Crippen molar-refractivity contribution < 1.29 is 26.7 Å². The summed E-state index contributed by atoms with van der Waals surface area (Å²) in [7, 11) is -4.82. The van der Waals surface area contributed by atoms with E-state index in [1.54, 1.807) is 0 Å². The number of halogens is 2. The second-order valence-electron chi connectivity index (χ2n) is 4.65. The fourth-order valence-corrected chi connectivity index (χ4v) is 3.03. The normalized spacial score (nSPS) is 18.9. The zero-order valence-corrected chi connectivity index (χ0v) is 11.9. The number of alkyl halides is 2. The molecular weight excluding hydrogens is 304 g/mol. The summed E-state index contributed by atoms with van der Waals surface area (Å²) in [5.41, 5.74) is -0.282. The summed E-state index contributed by atoms with van der Waals surface area (Å²) >= 11 is 0. The highest BCUT2D eigenvalue weighted by Crippen LogP contribution is 2.22. The Kier molecular flexibility index (Phi) is 4.89. The number of hydrogen-bond donors (Lipinski definition) is 1. The Morgan fingerprint density at radius 3 is 2.71 bits per heavy atom. The Hall–Kier alpha value is -1.54. The van der Waals surface area contributed by atoms with Crippen molar-refractivity contribution in [3.05, 3.63) is 29.8 Å². The number of rotatable bonds is 5. The van der Waals surface area contributed by atoms with Gasteiger partial charge in [-0.2, -0.15) is 8.78 Å². The van der Waals surface area contributed by atoms with Crippen LogP contribution in [0.5, 0.6) is 0 Å². The van der Waals surface area contributed by atoms with Crippen LogP contribution in [0.15, 0.2) is 29.2 Å². The van der Waals surface area contributed by atoms with E-state index in [-0.39, 0.29) is 18.2 Å². The molecule has 2 rings (SSSR count). The molecule has 1 fully saturated rings. The van der Waals surface area contributed by atoms with E-state index in [1.165, 1.54) is 18.2 Å². The molecule has 1 heterocycles. The van der Waals surface area contributed by atoms with Gasteiger partial charge in [-0.1, -0.05) is 12.1 Å². The van der Waals surface area contributed by atoms with E-state index in [2.05, 4.69) is 5.32 Å². The van der Waals surface area contributed by atoms with Gasteiger partial charge < -0.3 is 10.1 Å². The molecule has 0 aromatic heterocycles. The monoisotopic (exact) mass is 319 g/mol. The van der Waals surface area contributed by atoms with Crippen LogP contribution < -0.4 is 5.32 Å². The van der Waals surface area contributed by atoms with E-state index in [1.807, 2.05) is 0 Å². The molecule has 0 aliphatic carbocycles. The molecular formula is C13H15F2NO4S. The molecule has 1 aliphatic rings. The number of carbonyl (C=O) groups is 1. The van der Waals surface area contributed by atoms with Crippen LogP contribution in [0.2, 0.25) is 0 Å². The standard InChI is InChI=1S/C13H15F2NO4S/c14-13(15)21(18,19)11-6-2-1-5-10(11)12(17)16-8-9-4-3-7-20-9/h1-2,5-6,9,13H,3-4,7-8H2,(H,16,17)/t9-/m0/s1. The van der Waals surface area contributed by atoms with Crippen LogP contribution in [0.4, 0.5) is 8.78 Å². The van der Waals surface area contributed by atoms with Gasteiger partial charge in [0.2, 0.25) is 9.84 Å². The maximum Gasteiger partial charge on any atom is 0.341 e. The highest BCUT2D eigenvalue weighted by atomic mass is 32.2. The second-order valence-corrected chi connectivity index (χ2v) is 6.53. The lowest BCUT2D eigenvalue weighted by Crippen LogP contribution is -2.32. The first-order valence-electron chi connectivity index (χ1n) is 6.44. The quantitative estimate of drug-likeness (QED) is 0.894. The van der Waals surface area contributed by atoms with Crippen molar-refractivity contribution >= 4 is 15.7 Å². The SMILES string of the molecule is O=C(NC[C@@H]1CCCO1)c1ccccc1S(=O)(=O)C(F)F. The van der Waals surface area contributed by atoms with Crippen molar-refractivity contribution in [1.82, 2.24) is 5.32 Å². The van der Waals surface area contributed by atoms with Gasteiger partial charge in [0, 0.05) is 13.2 Å². The number of nitrogens with one attached hydrogen (secondary N) is 1. The zero-order valence-electron chi connectivity index (χ0n) is 11.1. The summed E-state index contributed by atoms with van der Waals surface area (Å²) in [5, 5.41) is 2.52. The van der Waals surface area contributed by atoms with E-state index in [0.29, 0.717) is 6.61 Å². The van der Waals surface area contributed by atoms with Crippen LogP contribution in [0.3, 0.4) is 0 Å². The van der Waals surface area contributed by atoms with Crippen LogP contribution in [-0.2, 0) is 14.6 Å². The maximum absolute atomic E-state index is 12.6. The smallest absolute Gasteiger partial charge is 0.341 e. The predicted molar refractivity (Wildman–Crippen MR) is 70.9 cm³/mol. The number of ether oxygens (including phenoxy) is 1. The third-order valence-electron chi connectivity index (χ3n) is 3.19. The van der Waals surface area contributed by atoms with Crippen LogP contribution >= 0.6 is 0 Å². The van der Waals surface area contributed by atoms with Crippen LogP contribution in [0.1, 0.15) is 23.2 Å². The second kappa shape index (κ2) is 6.48. The number of carbonyl (C=O) groups excluding carboxylic acids is 1. The van der Waals surface area contributed by atoms with Gasteiger partial charge in [-0.05, 0) is 25.0 Å². The molecule has 5 nitrogen and oxygen atoms in total. The highest BCUT2D eigenvalue weighted by Gasteiger charge is 2.31. The zero-order chi connectivity index (χ0) is 15.5. The molecule has 0 radical (unpaired) electrons. The number of sulfone groups is 1. The third-order valence-corrected chi connectivity index (χ3v) is 4.63. The first-order valence-corrected chi connectivity index (χ1v) is 7.98. The molecule has 116 valence electrons. The topological polar surface area (TPSA) is 72.5 Å². The average molecular weight is 319 g/mol. The molecule has 1 aliphatic heterocycles. The summed E-state index contributed by atoms with van der Waals surface area (Å²) < 4.78 is 53.7. The lowest BCUT2D eigenvalue weighted by Gasteiger charge is -2.13. The Morgan fingerprint density at radius 2 is 2.10 bits per heavy atom. The van der Waals surface area contributed by atoms with E-state index in [4.69, 9.17) is 4.74 Å². The minimum atomic E-state index is -4.82. The van der Waals surface area contributed by atoms with Crippen molar-refractivity contribution in [3.63, 3.8) is 0 Å². The molecule has 1 N–H and O–H groups in total. The summed E-state index contributed by atoms with van der Waals surface area (Å²) in [6.07, 6.45) is 1.58. The number of hydrogen-bond acceptors (Lipinski definition) is 4. The van der Waals surface area contributed by atoms with Crippen molar-refractivity contribution in [2.24, 2.45) is 0 Å². The Morgan fingerprint density at radius 1 is 1.38 bits per heavy atom. The predicted octanol–water partition coefficient (Wildman–Crippen LogP) is 1.59. The molecule has 0 bridgehead atoms. The van der Waals surface area contributed by atoms with Crippen molar-refractivity contribution in [2.45, 2.75) is 29.6 Å². The third kappa shape index (κ3) is 3.56. The summed E-state index contributed by atoms with van der Waals surface area (Å²) in [5.74, 6) is -4.27. The lowest BCUT2D eigenvalue weighted by atomic mass is 10.2. The van der Waals surface area contributed by atoms with Gasteiger partial charge >= 0.3 is 5.76 Å². The van der Waals surface area contributed by atoms with E-state index >= 15 is 0 Å². The molecule has 1 aromatic rings. The average Bonchev–Trinajstić information content (AvgIpc) is 2.98. The van der Waals surface area contributed by atoms with Crippen LogP contribution in [0.25, 0.3) is 0 Å². The maximum atomic E-state index is 12.6. The number of benzene rings is 1. The fraction of sp³-hybridized carbons (Fsp3) is 0.462. The molecule has 1 aromatic carbocycles. The molecule has 1 atom stereocenters. The van der Waals surface area contributed by atoms with E-state index < -0.39 is 26.4 Å². The van der Waals surface area contributed by atoms with Gasteiger partial charge in [0.15, 0.2) is 0 Å². The van der Waals surface area contributed by atoms with Gasteiger partial charge in [0.25, 0.3) is 5.91 Å². The molecule has 21 heavy (non-hydrogen) atoms. The van der Waals surface area contributed by atoms with Crippen molar-refractivity contribution in [2.75, 3.05) is 13.2 Å². The lowest BCUT2D eigenvalue weighted by molar-refractivity contribution is 0.0855. The number of amides is 1. The highest BCUT2D eigenvalue weighted by molar-refractivity contribution is 7.91. The Balaban J connectivity index is 2.17. The van der Waals surface area contributed by atoms with E-state index in [0.717, 1.165) is 18.9 Å². The van der Waals surface area contributed by atoms with Gasteiger partial charge in [-0.15, -0.1) is 0 Å². The van der Waals surface area contributed by atoms with Crippen molar-refractivity contribution in [1.29, 1.82) is 0 Å². The molecule has 8 heteroatoms. The van der Waals surface area contributed by atoms with Gasteiger partial charge in [-0.25, -0.2) is 8.42 Å². The Labute approximate surface area is 121 Å². The first-order chi connectivity index (χ1) is 9.93.